The number of carbonyl (C=O) groups excluding carboxylic acids is 1. The van der Waals surface area contributed by atoms with Crippen LogP contribution in [0.3, 0.4) is 0 Å². The molecule has 0 aliphatic heterocycles. The maximum absolute atomic E-state index is 13.1. The lowest BCUT2D eigenvalue weighted by Gasteiger charge is -2.15. The Hall–Kier alpha value is -2.87. The van der Waals surface area contributed by atoms with Crippen molar-refractivity contribution in [2.24, 2.45) is 0 Å². The summed E-state index contributed by atoms with van der Waals surface area (Å²) in [6.45, 7) is 1.78. The van der Waals surface area contributed by atoms with Crippen molar-refractivity contribution in [3.63, 3.8) is 0 Å². The van der Waals surface area contributed by atoms with Gasteiger partial charge in [0.05, 0.1) is 23.4 Å². The Balaban J connectivity index is 2.17. The molecule has 0 aliphatic rings. The molecule has 1 aromatic carbocycles. The lowest BCUT2D eigenvalue weighted by atomic mass is 10.1. The smallest absolute Gasteiger partial charge is 0.417 e. The van der Waals surface area contributed by atoms with E-state index in [0.29, 0.717) is 16.7 Å². The summed E-state index contributed by atoms with van der Waals surface area (Å²) in [6.07, 6.45) is -3.34. The second-order valence-electron chi connectivity index (χ2n) is 5.68. The first kappa shape index (κ1) is 18.9. The number of esters is 1. The molecule has 5 nitrogen and oxygen atoms in total. The van der Waals surface area contributed by atoms with Crippen molar-refractivity contribution in [3.8, 4) is 0 Å². The molecule has 2 heterocycles. The lowest BCUT2D eigenvalue weighted by molar-refractivity contribution is -0.137. The van der Waals surface area contributed by atoms with E-state index in [0.717, 1.165) is 12.1 Å². The normalized spacial score (nSPS) is 11.5. The number of hydrogen-bond acceptors (Lipinski definition) is 5. The number of methoxy groups -OCH3 is 1. The fourth-order valence-electron chi connectivity index (χ4n) is 2.54. The summed E-state index contributed by atoms with van der Waals surface area (Å²) in [5.41, 5.74) is 0.479. The van der Waals surface area contributed by atoms with Gasteiger partial charge >= 0.3 is 12.1 Å². The van der Waals surface area contributed by atoms with Gasteiger partial charge in [0.1, 0.15) is 5.56 Å². The summed E-state index contributed by atoms with van der Waals surface area (Å²) in [4.78, 5) is 20.5. The van der Waals surface area contributed by atoms with Gasteiger partial charge in [-0.3, -0.25) is 0 Å². The van der Waals surface area contributed by atoms with E-state index in [2.05, 4.69) is 15.3 Å². The maximum Gasteiger partial charge on any atom is 0.417 e. The Morgan fingerprint density at radius 2 is 1.96 bits per heavy atom. The van der Waals surface area contributed by atoms with Crippen LogP contribution >= 0.6 is 11.6 Å². The Bertz CT molecular complexity index is 1040. The van der Waals surface area contributed by atoms with E-state index in [-0.39, 0.29) is 16.9 Å². The standard InChI is InChI=1S/C18H13ClF3N3O2/c1-9-3-5-11-15(12(17(26)27-2)8-23-16(11)24-9)25-10-4-6-14(19)13(7-10)18(20,21)22/h3-8H,1-2H3,(H,23,24,25). The number of nitrogens with one attached hydrogen (secondary N) is 1. The zero-order valence-electron chi connectivity index (χ0n) is 14.2. The molecule has 0 saturated carbocycles. The highest BCUT2D eigenvalue weighted by Gasteiger charge is 2.33. The molecule has 0 radical (unpaired) electrons. The van der Waals surface area contributed by atoms with Crippen LogP contribution in [-0.2, 0) is 10.9 Å². The second kappa shape index (κ2) is 7.03. The molecule has 2 aromatic heterocycles. The third-order valence-corrected chi connectivity index (χ3v) is 4.14. The minimum Gasteiger partial charge on any atom is -0.465 e. The van der Waals surface area contributed by atoms with Crippen LogP contribution in [0.2, 0.25) is 5.02 Å². The van der Waals surface area contributed by atoms with Gasteiger partial charge in [-0.1, -0.05) is 11.6 Å². The molecule has 0 amide bonds. The summed E-state index contributed by atoms with van der Waals surface area (Å²) in [5.74, 6) is -0.683. The summed E-state index contributed by atoms with van der Waals surface area (Å²) >= 11 is 5.66. The highest BCUT2D eigenvalue weighted by atomic mass is 35.5. The van der Waals surface area contributed by atoms with E-state index in [4.69, 9.17) is 16.3 Å². The Labute approximate surface area is 157 Å². The first-order chi connectivity index (χ1) is 12.7. The summed E-state index contributed by atoms with van der Waals surface area (Å²) < 4.78 is 44.1. The Kier molecular flexibility index (Phi) is 4.93. The van der Waals surface area contributed by atoms with Crippen molar-refractivity contribution < 1.29 is 22.7 Å². The van der Waals surface area contributed by atoms with Gasteiger partial charge in [0.15, 0.2) is 5.65 Å². The van der Waals surface area contributed by atoms with Crippen LogP contribution in [0.15, 0.2) is 36.5 Å². The van der Waals surface area contributed by atoms with Crippen molar-refractivity contribution in [2.75, 3.05) is 12.4 Å². The van der Waals surface area contributed by atoms with Crippen LogP contribution in [0.25, 0.3) is 11.0 Å². The molecule has 3 aromatic rings. The van der Waals surface area contributed by atoms with E-state index in [1.165, 1.54) is 19.4 Å². The number of nitrogens with zero attached hydrogens (tertiary/aromatic N) is 2. The summed E-state index contributed by atoms with van der Waals surface area (Å²) in [6, 6.07) is 6.78. The molecular weight excluding hydrogens is 383 g/mol. The van der Waals surface area contributed by atoms with Crippen LogP contribution in [0.1, 0.15) is 21.6 Å². The minimum atomic E-state index is -4.61. The highest BCUT2D eigenvalue weighted by molar-refractivity contribution is 6.31. The first-order valence-electron chi connectivity index (χ1n) is 7.69. The fraction of sp³-hybridized carbons (Fsp3) is 0.167. The Morgan fingerprint density at radius 1 is 1.22 bits per heavy atom. The first-order valence-corrected chi connectivity index (χ1v) is 8.07. The zero-order valence-corrected chi connectivity index (χ0v) is 14.9. The number of pyridine rings is 2. The van der Waals surface area contributed by atoms with Crippen molar-refractivity contribution in [2.45, 2.75) is 13.1 Å². The van der Waals surface area contributed by atoms with E-state index >= 15 is 0 Å². The van der Waals surface area contributed by atoms with Gasteiger partial charge < -0.3 is 10.1 Å². The van der Waals surface area contributed by atoms with Crippen LogP contribution in [0.4, 0.5) is 24.5 Å². The molecule has 0 bridgehead atoms. The van der Waals surface area contributed by atoms with Crippen LogP contribution in [0, 0.1) is 6.92 Å². The predicted octanol–water partition coefficient (Wildman–Crippen LogP) is 5.14. The molecular formula is C18H13ClF3N3O2. The molecule has 1 N–H and O–H groups in total. The number of fused-ring (bicyclic) bond motifs is 1. The van der Waals surface area contributed by atoms with Crippen LogP contribution in [0.5, 0.6) is 0 Å². The van der Waals surface area contributed by atoms with E-state index in [9.17, 15) is 18.0 Å². The van der Waals surface area contributed by atoms with Crippen molar-refractivity contribution in [1.29, 1.82) is 0 Å². The molecule has 140 valence electrons. The fourth-order valence-corrected chi connectivity index (χ4v) is 2.76. The number of carbonyl (C=O) groups is 1. The average Bonchev–Trinajstić information content (AvgIpc) is 2.61. The SMILES string of the molecule is COC(=O)c1cnc2nc(C)ccc2c1Nc1ccc(Cl)c(C(F)(F)F)c1. The van der Waals surface area contributed by atoms with Gasteiger partial charge in [-0.2, -0.15) is 13.2 Å². The monoisotopic (exact) mass is 395 g/mol. The quantitative estimate of drug-likeness (QED) is 0.622. The number of aryl methyl sites for hydroxylation is 1. The summed E-state index contributed by atoms with van der Waals surface area (Å²) in [5, 5.41) is 2.90. The van der Waals surface area contributed by atoms with Crippen LogP contribution in [-0.4, -0.2) is 23.0 Å². The number of anilines is 2. The van der Waals surface area contributed by atoms with Gasteiger partial charge in [0.25, 0.3) is 0 Å². The summed E-state index contributed by atoms with van der Waals surface area (Å²) in [7, 11) is 1.20. The van der Waals surface area contributed by atoms with E-state index in [1.807, 2.05) is 0 Å². The van der Waals surface area contributed by atoms with Gasteiger partial charge in [-0.05, 0) is 37.3 Å². The van der Waals surface area contributed by atoms with Crippen LogP contribution < -0.4 is 5.32 Å². The number of halogens is 4. The van der Waals surface area contributed by atoms with Gasteiger partial charge in [0.2, 0.25) is 0 Å². The third-order valence-electron chi connectivity index (χ3n) is 3.82. The zero-order chi connectivity index (χ0) is 19.8. The molecule has 0 spiro atoms. The molecule has 0 aliphatic carbocycles. The molecule has 0 unspecified atom stereocenters. The maximum atomic E-state index is 13.1. The lowest BCUT2D eigenvalue weighted by Crippen LogP contribution is -2.09. The van der Waals surface area contributed by atoms with Gasteiger partial charge in [-0.25, -0.2) is 14.8 Å². The predicted molar refractivity (Wildman–Crippen MR) is 95.4 cm³/mol. The van der Waals surface area contributed by atoms with Crippen molar-refractivity contribution in [3.05, 3.63) is 58.4 Å². The van der Waals surface area contributed by atoms with Gasteiger partial charge in [0, 0.05) is 23.0 Å². The number of ether oxygens (including phenoxy) is 1. The average molecular weight is 396 g/mol. The molecule has 0 saturated heterocycles. The number of alkyl halides is 3. The van der Waals surface area contributed by atoms with Crippen molar-refractivity contribution >= 4 is 40.0 Å². The number of hydrogen-bond donors (Lipinski definition) is 1. The molecule has 27 heavy (non-hydrogen) atoms. The van der Waals surface area contributed by atoms with Gasteiger partial charge in [-0.15, -0.1) is 0 Å². The highest BCUT2D eigenvalue weighted by Crippen LogP contribution is 2.37. The molecule has 3 rings (SSSR count). The molecule has 0 fully saturated rings. The minimum absolute atomic E-state index is 0.0687. The molecule has 9 heteroatoms. The number of aromatic nitrogens is 2. The number of benzene rings is 1. The number of rotatable bonds is 3. The molecule has 0 atom stereocenters. The largest absolute Gasteiger partial charge is 0.465 e. The third kappa shape index (κ3) is 3.80. The van der Waals surface area contributed by atoms with E-state index in [1.54, 1.807) is 19.1 Å². The Morgan fingerprint density at radius 3 is 2.63 bits per heavy atom. The van der Waals surface area contributed by atoms with Crippen molar-refractivity contribution in [1.82, 2.24) is 9.97 Å². The topological polar surface area (TPSA) is 64.1 Å². The van der Waals surface area contributed by atoms with E-state index < -0.39 is 22.7 Å². The second-order valence-corrected chi connectivity index (χ2v) is 6.09.